The number of hydrogen-bond donors (Lipinski definition) is 6. The van der Waals surface area contributed by atoms with Crippen LogP contribution < -0.4 is 21.3 Å². The molecule has 0 radical (unpaired) electrons. The molecular weight excluding hydrogens is 538 g/mol. The molecule has 1 aliphatic rings. The normalized spacial score (nSPS) is 27.9. The van der Waals surface area contributed by atoms with Crippen molar-refractivity contribution in [3.63, 3.8) is 0 Å². The van der Waals surface area contributed by atoms with Crippen LogP contribution in [0.15, 0.2) is 0 Å². The Morgan fingerprint density at radius 3 is 2.02 bits per heavy atom. The quantitative estimate of drug-likeness (QED) is 0.191. The summed E-state index contributed by atoms with van der Waals surface area (Å²) in [6.07, 6.45) is -0.337. The fourth-order valence-electron chi connectivity index (χ4n) is 4.27. The van der Waals surface area contributed by atoms with Crippen molar-refractivity contribution in [3.8, 4) is 0 Å². The Hall–Kier alpha value is -3.26. The number of cyclic esters (lactones) is 1. The van der Waals surface area contributed by atoms with Gasteiger partial charge in [0.25, 0.3) is 0 Å². The summed E-state index contributed by atoms with van der Waals surface area (Å²) in [6.45, 7) is 8.55. The van der Waals surface area contributed by atoms with Crippen LogP contribution in [0.1, 0.15) is 60.8 Å². The third kappa shape index (κ3) is 10.6. The van der Waals surface area contributed by atoms with Crippen molar-refractivity contribution >= 4 is 35.5 Å². The van der Waals surface area contributed by atoms with Crippen LogP contribution in [0.3, 0.4) is 0 Å². The molecule has 234 valence electrons. The van der Waals surface area contributed by atoms with Gasteiger partial charge in [0.2, 0.25) is 29.5 Å². The molecule has 6 N–H and O–H groups in total. The van der Waals surface area contributed by atoms with Crippen molar-refractivity contribution < 1.29 is 43.7 Å². The predicted octanol–water partition coefficient (Wildman–Crippen LogP) is -1.57. The van der Waals surface area contributed by atoms with Gasteiger partial charge in [-0.15, -0.1) is 0 Å². The minimum absolute atomic E-state index is 0.00401. The van der Waals surface area contributed by atoms with Crippen molar-refractivity contribution in [2.45, 2.75) is 91.1 Å². The summed E-state index contributed by atoms with van der Waals surface area (Å²) < 4.78 is 5.21. The highest BCUT2D eigenvalue weighted by atomic mass is 16.5. The van der Waals surface area contributed by atoms with Gasteiger partial charge in [-0.25, -0.2) is 0 Å². The van der Waals surface area contributed by atoms with Gasteiger partial charge in [-0.3, -0.25) is 28.8 Å². The van der Waals surface area contributed by atoms with Gasteiger partial charge in [0, 0.05) is 7.05 Å². The van der Waals surface area contributed by atoms with Crippen molar-refractivity contribution in [1.29, 1.82) is 0 Å². The first kappa shape index (κ1) is 35.8. The molecule has 1 fully saturated rings. The SMILES string of the molecule is CCC1COC(=O)CNC(=O)C(C(C)O)NC(=O)C(CO)NC(=O)C(C(C)CC)NC(=O)C(CC(C)C)N(C)C1=O. The number of nitrogens with one attached hydrogen (secondary N) is 4. The van der Waals surface area contributed by atoms with Crippen LogP contribution in [0.25, 0.3) is 0 Å². The van der Waals surface area contributed by atoms with Crippen molar-refractivity contribution in [1.82, 2.24) is 26.2 Å². The molecule has 1 rings (SSSR count). The van der Waals surface area contributed by atoms with E-state index >= 15 is 0 Å². The van der Waals surface area contributed by atoms with Gasteiger partial charge < -0.3 is 41.1 Å². The van der Waals surface area contributed by atoms with Crippen LogP contribution in [0.4, 0.5) is 0 Å². The molecular formula is C27H47N5O9. The van der Waals surface area contributed by atoms with Crippen LogP contribution in [0.2, 0.25) is 0 Å². The number of rotatable bonds is 7. The monoisotopic (exact) mass is 585 g/mol. The Kier molecular flexibility index (Phi) is 14.7. The standard InChI is InChI=1S/C27H47N5O9/c1-8-15(5)21-26(39)29-18(12-33)23(36)31-22(16(6)34)25(38)28-11-20(35)41-13-17(9-2)27(40)32(7)19(10-14(3)4)24(37)30-21/h14-19,21-22,33-34H,8-13H2,1-7H3,(H,28,38)(H,29,39)(H,30,37)(H,31,36). The Labute approximate surface area is 241 Å². The Morgan fingerprint density at radius 2 is 1.51 bits per heavy atom. The van der Waals surface area contributed by atoms with Crippen LogP contribution in [0, 0.1) is 17.8 Å². The van der Waals surface area contributed by atoms with Gasteiger partial charge in [-0.1, -0.05) is 41.0 Å². The van der Waals surface area contributed by atoms with Crippen molar-refractivity contribution in [2.24, 2.45) is 17.8 Å². The molecule has 14 nitrogen and oxygen atoms in total. The van der Waals surface area contributed by atoms with E-state index in [2.05, 4.69) is 21.3 Å². The molecule has 41 heavy (non-hydrogen) atoms. The molecule has 0 bridgehead atoms. The van der Waals surface area contributed by atoms with Crippen molar-refractivity contribution in [3.05, 3.63) is 0 Å². The first-order chi connectivity index (χ1) is 19.2. The molecule has 1 saturated heterocycles. The summed E-state index contributed by atoms with van der Waals surface area (Å²) >= 11 is 0. The second kappa shape index (κ2) is 16.9. The first-order valence-corrected chi connectivity index (χ1v) is 14.1. The number of nitrogens with zero attached hydrogens (tertiary/aromatic N) is 1. The molecule has 1 aliphatic heterocycles. The maximum absolute atomic E-state index is 13.6. The molecule has 0 saturated carbocycles. The lowest BCUT2D eigenvalue weighted by Crippen LogP contribution is -2.61. The second-order valence-electron chi connectivity index (χ2n) is 10.9. The summed E-state index contributed by atoms with van der Waals surface area (Å²) in [5.74, 6) is -5.65. The average molecular weight is 586 g/mol. The van der Waals surface area contributed by atoms with E-state index in [1.165, 1.54) is 18.9 Å². The smallest absolute Gasteiger partial charge is 0.325 e. The molecule has 1 heterocycles. The topological polar surface area (TPSA) is 203 Å². The minimum atomic E-state index is -1.52. The number of aliphatic hydroxyl groups excluding tert-OH is 2. The third-order valence-electron chi connectivity index (χ3n) is 7.18. The fraction of sp³-hybridized carbons (Fsp3) is 0.778. The van der Waals surface area contributed by atoms with Crippen molar-refractivity contribution in [2.75, 3.05) is 26.8 Å². The lowest BCUT2D eigenvalue weighted by molar-refractivity contribution is -0.151. The summed E-state index contributed by atoms with van der Waals surface area (Å²) in [6, 6.07) is -5.11. The Morgan fingerprint density at radius 1 is 0.902 bits per heavy atom. The number of carbonyl (C=O) groups excluding carboxylic acids is 6. The molecule has 0 aromatic heterocycles. The lowest BCUT2D eigenvalue weighted by atomic mass is 9.95. The van der Waals surface area contributed by atoms with Gasteiger partial charge >= 0.3 is 5.97 Å². The van der Waals surface area contributed by atoms with Crippen LogP contribution in [-0.4, -0.2) is 108 Å². The summed E-state index contributed by atoms with van der Waals surface area (Å²) in [7, 11) is 1.48. The third-order valence-corrected chi connectivity index (χ3v) is 7.18. The first-order valence-electron chi connectivity index (χ1n) is 14.1. The molecule has 7 atom stereocenters. The summed E-state index contributed by atoms with van der Waals surface area (Å²) in [5, 5.41) is 29.6. The van der Waals surface area contributed by atoms with E-state index in [9.17, 15) is 39.0 Å². The van der Waals surface area contributed by atoms with Gasteiger partial charge in [-0.2, -0.15) is 0 Å². The van der Waals surface area contributed by atoms with Gasteiger partial charge in [0.1, 0.15) is 37.3 Å². The highest BCUT2D eigenvalue weighted by Gasteiger charge is 2.37. The van der Waals surface area contributed by atoms with E-state index in [1.54, 1.807) is 13.8 Å². The van der Waals surface area contributed by atoms with E-state index in [1.807, 2.05) is 20.8 Å². The van der Waals surface area contributed by atoms with E-state index < -0.39 is 90.8 Å². The zero-order valence-corrected chi connectivity index (χ0v) is 25.1. The molecule has 5 amide bonds. The van der Waals surface area contributed by atoms with Crippen LogP contribution >= 0.6 is 0 Å². The van der Waals surface area contributed by atoms with E-state index in [-0.39, 0.29) is 18.9 Å². The number of esters is 1. The number of carbonyl (C=O) groups is 6. The maximum Gasteiger partial charge on any atom is 0.325 e. The Balaban J connectivity index is 3.51. The zero-order valence-electron chi connectivity index (χ0n) is 25.1. The fourth-order valence-corrected chi connectivity index (χ4v) is 4.27. The minimum Gasteiger partial charge on any atom is -0.464 e. The van der Waals surface area contributed by atoms with E-state index in [4.69, 9.17) is 4.74 Å². The van der Waals surface area contributed by atoms with Gasteiger partial charge in [0.05, 0.1) is 18.6 Å². The van der Waals surface area contributed by atoms with E-state index in [0.717, 1.165) is 0 Å². The van der Waals surface area contributed by atoms with E-state index in [0.29, 0.717) is 12.8 Å². The highest BCUT2D eigenvalue weighted by molar-refractivity contribution is 5.96. The molecule has 0 spiro atoms. The maximum atomic E-state index is 13.6. The number of amides is 5. The van der Waals surface area contributed by atoms with Crippen LogP contribution in [-0.2, 0) is 33.5 Å². The highest BCUT2D eigenvalue weighted by Crippen LogP contribution is 2.18. The molecule has 7 unspecified atom stereocenters. The number of aliphatic hydroxyl groups is 2. The summed E-state index contributed by atoms with van der Waals surface area (Å²) in [4.78, 5) is 79.4. The lowest BCUT2D eigenvalue weighted by Gasteiger charge is -2.33. The summed E-state index contributed by atoms with van der Waals surface area (Å²) in [5.41, 5.74) is 0. The van der Waals surface area contributed by atoms with Gasteiger partial charge in [-0.05, 0) is 31.6 Å². The zero-order chi connectivity index (χ0) is 31.4. The molecule has 0 aliphatic carbocycles. The molecule has 14 heteroatoms. The largest absolute Gasteiger partial charge is 0.464 e. The molecule has 0 aromatic rings. The average Bonchev–Trinajstić information content (AvgIpc) is 2.92. The number of hydrogen-bond acceptors (Lipinski definition) is 9. The van der Waals surface area contributed by atoms with Crippen LogP contribution in [0.5, 0.6) is 0 Å². The van der Waals surface area contributed by atoms with Gasteiger partial charge in [0.15, 0.2) is 0 Å². The Bertz CT molecular complexity index is 942. The number of ether oxygens (including phenoxy) is 1. The number of likely N-dealkylation sites (N-methyl/N-ethyl adjacent to an activating group) is 1. The predicted molar refractivity (Wildman–Crippen MR) is 148 cm³/mol. The molecule has 0 aromatic carbocycles. The second-order valence-corrected chi connectivity index (χ2v) is 10.9.